The number of anilines is 1. The number of nitrogens with one attached hydrogen (secondary N) is 1. The van der Waals surface area contributed by atoms with Crippen LogP contribution in [0.1, 0.15) is 22.4 Å². The van der Waals surface area contributed by atoms with Gasteiger partial charge in [-0.15, -0.1) is 0 Å². The number of nitrogens with zero attached hydrogens (tertiary/aromatic N) is 4. The van der Waals surface area contributed by atoms with Crippen molar-refractivity contribution >= 4 is 24.0 Å². The predicted molar refractivity (Wildman–Crippen MR) is 121 cm³/mol. The van der Waals surface area contributed by atoms with Crippen LogP contribution in [0.25, 0.3) is 17.3 Å². The third-order valence-corrected chi connectivity index (χ3v) is 4.27. The van der Waals surface area contributed by atoms with E-state index in [0.717, 1.165) is 33.6 Å². The minimum Gasteiger partial charge on any atom is -0.310 e. The lowest BCUT2D eigenvalue weighted by Crippen LogP contribution is -2.15. The third-order valence-electron chi connectivity index (χ3n) is 4.27. The summed E-state index contributed by atoms with van der Waals surface area (Å²) < 4.78 is 0. The van der Waals surface area contributed by atoms with E-state index < -0.39 is 0 Å². The van der Waals surface area contributed by atoms with Crippen molar-refractivity contribution in [3.05, 3.63) is 90.2 Å². The van der Waals surface area contributed by atoms with Crippen molar-refractivity contribution in [3.8, 4) is 11.3 Å². The highest BCUT2D eigenvalue weighted by Gasteiger charge is 2.09. The Balaban J connectivity index is 1.62. The number of allylic oxidation sites excluding steroid dienone is 1. The summed E-state index contributed by atoms with van der Waals surface area (Å²) in [5.41, 5.74) is 5.60. The molecule has 150 valence electrons. The van der Waals surface area contributed by atoms with Gasteiger partial charge < -0.3 is 5.32 Å². The van der Waals surface area contributed by atoms with Crippen molar-refractivity contribution in [3.63, 3.8) is 0 Å². The molecule has 0 spiro atoms. The average Bonchev–Trinajstić information content (AvgIpc) is 2.72. The Morgan fingerprint density at radius 2 is 2.00 bits per heavy atom. The van der Waals surface area contributed by atoms with E-state index >= 15 is 0 Å². The first-order valence-electron chi connectivity index (χ1n) is 9.50. The second kappa shape index (κ2) is 10.0. The highest BCUT2D eigenvalue weighted by atomic mass is 16.1. The highest BCUT2D eigenvalue weighted by Crippen LogP contribution is 2.22. The summed E-state index contributed by atoms with van der Waals surface area (Å²) in [6.45, 7) is 7.50. The molecule has 0 unspecified atom stereocenters. The van der Waals surface area contributed by atoms with Crippen LogP contribution in [0.3, 0.4) is 0 Å². The van der Waals surface area contributed by atoms with E-state index in [9.17, 15) is 4.79 Å². The molecular weight excluding hydrogens is 374 g/mol. The molecule has 3 aromatic heterocycles. The molecule has 0 aliphatic heterocycles. The van der Waals surface area contributed by atoms with Crippen molar-refractivity contribution in [2.45, 2.75) is 20.3 Å². The van der Waals surface area contributed by atoms with Gasteiger partial charge in [-0.05, 0) is 60.9 Å². The van der Waals surface area contributed by atoms with E-state index in [1.54, 1.807) is 43.1 Å². The Morgan fingerprint density at radius 3 is 2.70 bits per heavy atom. The van der Waals surface area contributed by atoms with E-state index in [2.05, 4.69) is 31.8 Å². The molecule has 0 atom stereocenters. The zero-order valence-electron chi connectivity index (χ0n) is 17.0. The molecule has 30 heavy (non-hydrogen) atoms. The van der Waals surface area contributed by atoms with Crippen LogP contribution < -0.4 is 5.32 Å². The maximum atomic E-state index is 12.4. The fourth-order valence-corrected chi connectivity index (χ4v) is 2.91. The van der Waals surface area contributed by atoms with E-state index in [1.807, 2.05) is 44.2 Å². The Morgan fingerprint density at radius 1 is 1.13 bits per heavy atom. The Hall–Kier alpha value is -3.93. The zero-order chi connectivity index (χ0) is 21.3. The summed E-state index contributed by atoms with van der Waals surface area (Å²) in [5, 5.41) is 2.81. The van der Waals surface area contributed by atoms with Crippen LogP contribution in [-0.4, -0.2) is 27.1 Å². The first-order chi connectivity index (χ1) is 14.5. The van der Waals surface area contributed by atoms with Crippen molar-refractivity contribution in [1.29, 1.82) is 0 Å². The van der Waals surface area contributed by atoms with Gasteiger partial charge in [-0.25, -0.2) is 4.98 Å². The third kappa shape index (κ3) is 5.78. The largest absolute Gasteiger partial charge is 0.310 e. The molecule has 0 fully saturated rings. The molecule has 0 aromatic carbocycles. The Bertz CT molecular complexity index is 1100. The monoisotopic (exact) mass is 397 g/mol. The summed E-state index contributed by atoms with van der Waals surface area (Å²) in [6, 6.07) is 9.54. The summed E-state index contributed by atoms with van der Waals surface area (Å²) in [6.07, 6.45) is 12.1. The number of aliphatic imine (C=N–C) groups is 1. The number of carbonyl (C=O) groups is 1. The minimum absolute atomic E-state index is 0.143. The van der Waals surface area contributed by atoms with E-state index in [-0.39, 0.29) is 12.3 Å². The first kappa shape index (κ1) is 20.8. The normalized spacial score (nSPS) is 11.1. The summed E-state index contributed by atoms with van der Waals surface area (Å²) in [7, 11) is 0. The molecule has 6 nitrogen and oxygen atoms in total. The molecule has 6 heteroatoms. The lowest BCUT2D eigenvalue weighted by Gasteiger charge is -2.09. The van der Waals surface area contributed by atoms with Crippen LogP contribution >= 0.6 is 0 Å². The number of hydrogen-bond acceptors (Lipinski definition) is 5. The van der Waals surface area contributed by atoms with Gasteiger partial charge in [-0.1, -0.05) is 18.7 Å². The standard InChI is InChI=1S/C24H23N5O/c1-4-9-25-10-7-19-5-6-22(27-15-19)29-23(30)14-20-12-17(2)24(28-16-20)21-8-11-26-18(3)13-21/h4-13,15-16H,1,14H2,2-3H3,(H,27,29,30)/b10-7+,25-9?. The number of carbonyl (C=O) groups excluding carboxylic acids is 1. The molecule has 0 aliphatic rings. The SMILES string of the molecule is C=CC=N/C=C/c1ccc(NC(=O)Cc2cnc(-c3ccnc(C)c3)c(C)c2)nc1. The number of rotatable bonds is 7. The van der Waals surface area contributed by atoms with Gasteiger partial charge >= 0.3 is 0 Å². The molecule has 3 heterocycles. The van der Waals surface area contributed by atoms with Crippen LogP contribution in [0.15, 0.2) is 72.8 Å². The molecule has 1 N–H and O–H groups in total. The van der Waals surface area contributed by atoms with E-state index in [4.69, 9.17) is 0 Å². The van der Waals surface area contributed by atoms with Crippen molar-refractivity contribution in [2.75, 3.05) is 5.32 Å². The lowest BCUT2D eigenvalue weighted by molar-refractivity contribution is -0.115. The fraction of sp³-hybridized carbons (Fsp3) is 0.125. The molecule has 0 saturated heterocycles. The molecule has 0 saturated carbocycles. The number of pyridine rings is 3. The Kier molecular flexibility index (Phi) is 6.95. The summed E-state index contributed by atoms with van der Waals surface area (Å²) >= 11 is 0. The van der Waals surface area contributed by atoms with Gasteiger partial charge in [0.1, 0.15) is 5.82 Å². The van der Waals surface area contributed by atoms with Crippen LogP contribution in [0.2, 0.25) is 0 Å². The summed E-state index contributed by atoms with van der Waals surface area (Å²) in [4.78, 5) is 29.4. The van der Waals surface area contributed by atoms with Crippen LogP contribution in [0, 0.1) is 13.8 Å². The molecule has 1 amide bonds. The van der Waals surface area contributed by atoms with E-state index in [1.165, 1.54) is 0 Å². The van der Waals surface area contributed by atoms with E-state index in [0.29, 0.717) is 5.82 Å². The molecule has 0 aliphatic carbocycles. The second-order valence-electron chi connectivity index (χ2n) is 6.75. The van der Waals surface area contributed by atoms with Crippen LogP contribution in [-0.2, 0) is 11.2 Å². The fourth-order valence-electron chi connectivity index (χ4n) is 2.91. The number of hydrogen-bond donors (Lipinski definition) is 1. The minimum atomic E-state index is -0.143. The van der Waals surface area contributed by atoms with Gasteiger partial charge in [0.25, 0.3) is 0 Å². The van der Waals surface area contributed by atoms with Gasteiger partial charge in [0.05, 0.1) is 12.1 Å². The molecule has 0 bridgehead atoms. The number of amides is 1. The van der Waals surface area contributed by atoms with Crippen molar-refractivity contribution in [1.82, 2.24) is 15.0 Å². The maximum absolute atomic E-state index is 12.4. The van der Waals surface area contributed by atoms with Gasteiger partial charge in [-0.3, -0.25) is 19.8 Å². The molecule has 3 rings (SSSR count). The molecule has 3 aromatic rings. The number of aryl methyl sites for hydroxylation is 2. The predicted octanol–water partition coefficient (Wildman–Crippen LogP) is 4.56. The zero-order valence-corrected chi connectivity index (χ0v) is 17.0. The smallest absolute Gasteiger partial charge is 0.230 e. The summed E-state index contributed by atoms with van der Waals surface area (Å²) in [5.74, 6) is 0.357. The second-order valence-corrected chi connectivity index (χ2v) is 6.75. The van der Waals surface area contributed by atoms with Gasteiger partial charge in [0, 0.05) is 42.3 Å². The van der Waals surface area contributed by atoms with Crippen LogP contribution in [0.5, 0.6) is 0 Å². The van der Waals surface area contributed by atoms with Gasteiger partial charge in [0.15, 0.2) is 0 Å². The molecular formula is C24H23N5O. The quantitative estimate of drug-likeness (QED) is 0.593. The number of aromatic nitrogens is 3. The maximum Gasteiger partial charge on any atom is 0.230 e. The van der Waals surface area contributed by atoms with Crippen LogP contribution in [0.4, 0.5) is 5.82 Å². The highest BCUT2D eigenvalue weighted by molar-refractivity contribution is 5.91. The average molecular weight is 397 g/mol. The lowest BCUT2D eigenvalue weighted by atomic mass is 10.0. The van der Waals surface area contributed by atoms with Crippen molar-refractivity contribution < 1.29 is 4.79 Å². The van der Waals surface area contributed by atoms with Gasteiger partial charge in [-0.2, -0.15) is 0 Å². The molecule has 0 radical (unpaired) electrons. The topological polar surface area (TPSA) is 80.1 Å². The van der Waals surface area contributed by atoms with Crippen molar-refractivity contribution in [2.24, 2.45) is 4.99 Å². The van der Waals surface area contributed by atoms with Gasteiger partial charge in [0.2, 0.25) is 5.91 Å². The first-order valence-corrected chi connectivity index (χ1v) is 9.50. The Labute approximate surface area is 176 Å².